The van der Waals surface area contributed by atoms with Crippen molar-refractivity contribution in [2.45, 2.75) is 25.3 Å². The van der Waals surface area contributed by atoms with Gasteiger partial charge < -0.3 is 14.8 Å². The summed E-state index contributed by atoms with van der Waals surface area (Å²) in [5.41, 5.74) is 0. The van der Waals surface area contributed by atoms with Crippen LogP contribution in [0.25, 0.3) is 0 Å². The maximum Gasteiger partial charge on any atom is 0.445 e. The summed E-state index contributed by atoms with van der Waals surface area (Å²) in [7, 11) is 0. The van der Waals surface area contributed by atoms with Crippen molar-refractivity contribution < 1.29 is 22.6 Å². The number of halogens is 3. The predicted molar refractivity (Wildman–Crippen MR) is 57.6 cm³/mol. The number of alkyl halides is 3. The molecule has 1 fully saturated rings. The second kappa shape index (κ2) is 5.37. The molecule has 1 aliphatic heterocycles. The smallest absolute Gasteiger partial charge is 0.445 e. The molecule has 1 aliphatic rings. The summed E-state index contributed by atoms with van der Waals surface area (Å²) in [5, 5.41) is 8.40. The highest BCUT2D eigenvalue weighted by Gasteiger charge is 2.36. The fraction of sp³-hybridized carbons (Fsp3) is 0.778. The van der Waals surface area contributed by atoms with E-state index in [9.17, 15) is 13.2 Å². The van der Waals surface area contributed by atoms with Crippen LogP contribution in [0.4, 0.5) is 13.2 Å². The molecule has 0 aromatic carbocycles. The average molecular weight is 283 g/mol. The normalized spacial score (nSPS) is 25.1. The molecule has 9 heteroatoms. The van der Waals surface area contributed by atoms with Crippen LogP contribution in [0.5, 0.6) is 5.19 Å². The van der Waals surface area contributed by atoms with E-state index in [1.807, 2.05) is 6.92 Å². The Labute approximate surface area is 105 Å². The summed E-state index contributed by atoms with van der Waals surface area (Å²) in [6, 6.07) is 0. The minimum Gasteiger partial charge on any atom is -0.466 e. The van der Waals surface area contributed by atoms with Crippen molar-refractivity contribution in [3.05, 3.63) is 5.01 Å². The van der Waals surface area contributed by atoms with Gasteiger partial charge in [-0.05, 0) is 6.92 Å². The highest BCUT2D eigenvalue weighted by atomic mass is 32.1. The molecule has 18 heavy (non-hydrogen) atoms. The van der Waals surface area contributed by atoms with Crippen LogP contribution in [0.1, 0.15) is 11.9 Å². The molecule has 0 radical (unpaired) electrons. The molecule has 1 aromatic heterocycles. The molecule has 0 saturated carbocycles. The zero-order chi connectivity index (χ0) is 13.2. The minimum absolute atomic E-state index is 0.0625. The number of hydrogen-bond acceptors (Lipinski definition) is 6. The van der Waals surface area contributed by atoms with Gasteiger partial charge in [0.1, 0.15) is 12.7 Å². The van der Waals surface area contributed by atoms with E-state index in [-0.39, 0.29) is 24.0 Å². The van der Waals surface area contributed by atoms with Gasteiger partial charge in [-0.1, -0.05) is 16.4 Å². The van der Waals surface area contributed by atoms with Crippen LogP contribution < -0.4 is 10.1 Å². The van der Waals surface area contributed by atoms with Gasteiger partial charge in [0.2, 0.25) is 5.01 Å². The lowest BCUT2D eigenvalue weighted by molar-refractivity contribution is -0.138. The van der Waals surface area contributed by atoms with E-state index < -0.39 is 11.2 Å². The van der Waals surface area contributed by atoms with Gasteiger partial charge in [-0.15, -0.1) is 5.10 Å². The lowest BCUT2D eigenvalue weighted by atomic mass is 10.2. The molecule has 2 rings (SSSR count). The second-order valence-electron chi connectivity index (χ2n) is 3.91. The Kier molecular flexibility index (Phi) is 4.03. The van der Waals surface area contributed by atoms with Crippen LogP contribution in [0.3, 0.4) is 0 Å². The number of nitrogens with one attached hydrogen (secondary N) is 1. The summed E-state index contributed by atoms with van der Waals surface area (Å²) in [4.78, 5) is 0. The lowest BCUT2D eigenvalue weighted by Crippen LogP contribution is -2.45. The van der Waals surface area contributed by atoms with Crippen molar-refractivity contribution in [1.82, 2.24) is 15.5 Å². The van der Waals surface area contributed by atoms with Crippen molar-refractivity contribution in [2.75, 3.05) is 19.7 Å². The first-order valence-electron chi connectivity index (χ1n) is 5.35. The highest BCUT2D eigenvalue weighted by Crippen LogP contribution is 2.33. The van der Waals surface area contributed by atoms with Crippen LogP contribution in [0, 0.1) is 0 Å². The van der Waals surface area contributed by atoms with Gasteiger partial charge >= 0.3 is 6.18 Å². The van der Waals surface area contributed by atoms with E-state index in [0.29, 0.717) is 17.9 Å². The summed E-state index contributed by atoms with van der Waals surface area (Å²) in [6.45, 7) is 3.43. The minimum atomic E-state index is -4.48. The maximum absolute atomic E-state index is 12.3. The third kappa shape index (κ3) is 3.53. The standard InChI is InChI=1S/C9H12F3N3O2S/c1-5-2-13-3-6(17-5)4-16-8-15-14-7(18-8)9(10,11)12/h5-6,13H,2-4H2,1H3. The number of hydrogen-bond donors (Lipinski definition) is 1. The molecule has 2 unspecified atom stereocenters. The molecule has 1 saturated heterocycles. The monoisotopic (exact) mass is 283 g/mol. The SMILES string of the molecule is CC1CNCC(COc2nnc(C(F)(F)F)s2)O1. The predicted octanol–water partition coefficient (Wildman–Crippen LogP) is 1.31. The zero-order valence-electron chi connectivity index (χ0n) is 9.53. The van der Waals surface area contributed by atoms with Crippen molar-refractivity contribution in [1.29, 1.82) is 0 Å². The summed E-state index contributed by atoms with van der Waals surface area (Å²) in [5.74, 6) is 0. The first-order chi connectivity index (χ1) is 8.45. The number of morpholine rings is 1. The van der Waals surface area contributed by atoms with E-state index in [1.165, 1.54) is 0 Å². The number of aromatic nitrogens is 2. The van der Waals surface area contributed by atoms with E-state index in [2.05, 4.69) is 15.5 Å². The molecule has 2 heterocycles. The molecular formula is C9H12F3N3O2S. The molecule has 0 spiro atoms. The zero-order valence-corrected chi connectivity index (χ0v) is 10.3. The molecule has 0 aliphatic carbocycles. The topological polar surface area (TPSA) is 56.3 Å². The van der Waals surface area contributed by atoms with Gasteiger partial charge in [-0.2, -0.15) is 13.2 Å². The molecule has 5 nitrogen and oxygen atoms in total. The van der Waals surface area contributed by atoms with Crippen LogP contribution in [-0.2, 0) is 10.9 Å². The van der Waals surface area contributed by atoms with E-state index in [4.69, 9.17) is 9.47 Å². The number of rotatable bonds is 3. The molecule has 2 atom stereocenters. The van der Waals surface area contributed by atoms with Crippen LogP contribution in [0.15, 0.2) is 0 Å². The summed E-state index contributed by atoms with van der Waals surface area (Å²) >= 11 is 0.384. The first-order valence-corrected chi connectivity index (χ1v) is 6.16. The van der Waals surface area contributed by atoms with Crippen molar-refractivity contribution in [3.8, 4) is 5.19 Å². The van der Waals surface area contributed by atoms with Crippen LogP contribution >= 0.6 is 11.3 Å². The quantitative estimate of drug-likeness (QED) is 0.906. The lowest BCUT2D eigenvalue weighted by Gasteiger charge is -2.28. The van der Waals surface area contributed by atoms with E-state index in [0.717, 1.165) is 6.54 Å². The average Bonchev–Trinajstić information content (AvgIpc) is 2.74. The molecule has 102 valence electrons. The van der Waals surface area contributed by atoms with Gasteiger partial charge in [-0.25, -0.2) is 0 Å². The Balaban J connectivity index is 1.85. The molecular weight excluding hydrogens is 271 g/mol. The fourth-order valence-electron chi connectivity index (χ4n) is 1.52. The van der Waals surface area contributed by atoms with Gasteiger partial charge in [0.25, 0.3) is 5.19 Å². The van der Waals surface area contributed by atoms with Crippen molar-refractivity contribution in [2.24, 2.45) is 0 Å². The summed E-state index contributed by atoms with van der Waals surface area (Å²) < 4.78 is 47.5. The van der Waals surface area contributed by atoms with Crippen LogP contribution in [0.2, 0.25) is 0 Å². The third-order valence-electron chi connectivity index (χ3n) is 2.27. The van der Waals surface area contributed by atoms with E-state index in [1.54, 1.807) is 0 Å². The fourth-order valence-corrected chi connectivity index (χ4v) is 2.09. The van der Waals surface area contributed by atoms with Gasteiger partial charge in [0.15, 0.2) is 0 Å². The molecule has 0 bridgehead atoms. The second-order valence-corrected chi connectivity index (χ2v) is 4.85. The van der Waals surface area contributed by atoms with Gasteiger partial charge in [0, 0.05) is 13.1 Å². The third-order valence-corrected chi connectivity index (χ3v) is 3.15. The Hall–Kier alpha value is -0.930. The maximum atomic E-state index is 12.3. The molecule has 0 amide bonds. The number of ether oxygens (including phenoxy) is 2. The Morgan fingerprint density at radius 2 is 2.22 bits per heavy atom. The Morgan fingerprint density at radius 1 is 1.44 bits per heavy atom. The summed E-state index contributed by atoms with van der Waals surface area (Å²) in [6.07, 6.45) is -4.60. The first kappa shape index (κ1) is 13.5. The largest absolute Gasteiger partial charge is 0.466 e. The van der Waals surface area contributed by atoms with E-state index >= 15 is 0 Å². The van der Waals surface area contributed by atoms with Gasteiger partial charge in [-0.3, -0.25) is 0 Å². The number of nitrogens with zero attached hydrogens (tertiary/aromatic N) is 2. The Bertz CT molecular complexity index is 399. The molecule has 1 N–H and O–H groups in total. The highest BCUT2D eigenvalue weighted by molar-refractivity contribution is 7.13. The van der Waals surface area contributed by atoms with Gasteiger partial charge in [0.05, 0.1) is 6.10 Å². The van der Waals surface area contributed by atoms with Crippen molar-refractivity contribution >= 4 is 11.3 Å². The van der Waals surface area contributed by atoms with Crippen LogP contribution in [-0.4, -0.2) is 42.1 Å². The van der Waals surface area contributed by atoms with Crippen molar-refractivity contribution in [3.63, 3.8) is 0 Å². The Morgan fingerprint density at radius 3 is 2.83 bits per heavy atom. The molecule has 1 aromatic rings.